The SMILES string of the molecule is COc1ccc(C23CCC(NC(=O)Nc4cc(F)cc(C(F)(F)F)c4)CC2N(C2CCOCC2)CC3)cc1OC.O=C(O)C(F)(F)F. The van der Waals surface area contributed by atoms with Gasteiger partial charge in [0.05, 0.1) is 19.8 Å². The number of nitrogens with zero attached hydrogens (tertiary/aromatic N) is 1. The summed E-state index contributed by atoms with van der Waals surface area (Å²) in [5, 5.41) is 12.5. The van der Waals surface area contributed by atoms with Crippen LogP contribution in [0, 0.1) is 5.82 Å². The van der Waals surface area contributed by atoms with Crippen molar-refractivity contribution in [2.45, 2.75) is 74.4 Å². The molecular formula is C31H36F7N3O6. The largest absolute Gasteiger partial charge is 0.493 e. The molecule has 3 aliphatic rings. The van der Waals surface area contributed by atoms with Gasteiger partial charge in [0.2, 0.25) is 0 Å². The fourth-order valence-corrected chi connectivity index (χ4v) is 6.83. The van der Waals surface area contributed by atoms with E-state index in [-0.39, 0.29) is 23.2 Å². The summed E-state index contributed by atoms with van der Waals surface area (Å²) in [7, 11) is 3.23. The summed E-state index contributed by atoms with van der Waals surface area (Å²) in [5.74, 6) is -2.49. The molecule has 2 aromatic rings. The lowest BCUT2D eigenvalue weighted by atomic mass is 9.65. The van der Waals surface area contributed by atoms with Gasteiger partial charge in [-0.05, 0) is 81.0 Å². The van der Waals surface area contributed by atoms with Crippen molar-refractivity contribution in [1.82, 2.24) is 10.2 Å². The minimum atomic E-state index is -5.08. The number of rotatable bonds is 6. The Bertz CT molecular complexity index is 1420. The van der Waals surface area contributed by atoms with Gasteiger partial charge in [0, 0.05) is 42.4 Å². The smallest absolute Gasteiger partial charge is 0.490 e. The second-order valence-corrected chi connectivity index (χ2v) is 11.7. The van der Waals surface area contributed by atoms with Crippen molar-refractivity contribution in [3.8, 4) is 11.5 Å². The first kappa shape index (κ1) is 36.1. The normalized spacial score (nSPS) is 23.6. The number of urea groups is 1. The maximum absolute atomic E-state index is 13.8. The van der Waals surface area contributed by atoms with E-state index in [0.29, 0.717) is 36.4 Å². The molecule has 2 saturated heterocycles. The molecule has 3 fully saturated rings. The number of carbonyl (C=O) groups excluding carboxylic acids is 1. The molecule has 1 saturated carbocycles. The molecule has 0 radical (unpaired) electrons. The quantitative estimate of drug-likeness (QED) is 0.305. The predicted molar refractivity (Wildman–Crippen MR) is 155 cm³/mol. The Morgan fingerprint density at radius 1 is 0.957 bits per heavy atom. The molecule has 3 atom stereocenters. The molecule has 9 nitrogen and oxygen atoms in total. The van der Waals surface area contributed by atoms with Crippen LogP contribution < -0.4 is 20.1 Å². The number of ether oxygens (including phenoxy) is 3. The summed E-state index contributed by atoms with van der Waals surface area (Å²) in [5.41, 5.74) is -0.369. The molecule has 260 valence electrons. The highest BCUT2D eigenvalue weighted by Crippen LogP contribution is 2.51. The average molecular weight is 680 g/mol. The van der Waals surface area contributed by atoms with Crippen molar-refractivity contribution >= 4 is 17.7 Å². The van der Waals surface area contributed by atoms with Crippen molar-refractivity contribution in [2.75, 3.05) is 39.3 Å². The van der Waals surface area contributed by atoms with E-state index in [1.807, 2.05) is 6.07 Å². The van der Waals surface area contributed by atoms with Gasteiger partial charge in [-0.25, -0.2) is 14.0 Å². The Balaban J connectivity index is 0.000000644. The van der Waals surface area contributed by atoms with Crippen LogP contribution in [0.25, 0.3) is 0 Å². The summed E-state index contributed by atoms with van der Waals surface area (Å²) in [6.45, 7) is 2.36. The summed E-state index contributed by atoms with van der Waals surface area (Å²) < 4.78 is 102. The second kappa shape index (κ2) is 14.5. The third kappa shape index (κ3) is 8.58. The zero-order valence-electron chi connectivity index (χ0n) is 25.6. The number of hydrogen-bond donors (Lipinski definition) is 3. The van der Waals surface area contributed by atoms with Gasteiger partial charge in [0.1, 0.15) is 5.82 Å². The Morgan fingerprint density at radius 2 is 1.62 bits per heavy atom. The summed E-state index contributed by atoms with van der Waals surface area (Å²) in [4.78, 5) is 24.3. The number of anilines is 1. The van der Waals surface area contributed by atoms with Crippen molar-refractivity contribution in [3.05, 3.63) is 53.3 Å². The van der Waals surface area contributed by atoms with Gasteiger partial charge in [-0.1, -0.05) is 6.07 Å². The fraction of sp³-hybridized carbons (Fsp3) is 0.548. The number of nitrogens with one attached hydrogen (secondary N) is 2. The van der Waals surface area contributed by atoms with Gasteiger partial charge in [-0.3, -0.25) is 4.90 Å². The van der Waals surface area contributed by atoms with Crippen LogP contribution in [0.2, 0.25) is 0 Å². The molecule has 5 rings (SSSR count). The number of carbonyl (C=O) groups is 2. The molecule has 3 N–H and O–H groups in total. The third-order valence-electron chi connectivity index (χ3n) is 8.98. The number of carboxylic acids is 1. The standard InChI is InChI=1S/C29H35F4N3O4.C2HF3O2/c1-38-24-4-3-18(15-25(24)39-2)28-8-5-21(17-26(28)36(10-9-28)23-6-11-40-12-7-23)34-27(37)35-22-14-19(29(31,32)33)13-20(30)16-22;3-2(4,5)1(6)7/h3-4,13-16,21,23,26H,5-12,17H2,1-2H3,(H2,34,35,37);(H,6,7). The monoisotopic (exact) mass is 679 g/mol. The van der Waals surface area contributed by atoms with E-state index in [0.717, 1.165) is 57.6 Å². The van der Waals surface area contributed by atoms with Gasteiger partial charge < -0.3 is 30.0 Å². The fourth-order valence-electron chi connectivity index (χ4n) is 6.83. The van der Waals surface area contributed by atoms with E-state index < -0.39 is 35.7 Å². The van der Waals surface area contributed by atoms with Crippen LogP contribution in [0.3, 0.4) is 0 Å². The van der Waals surface area contributed by atoms with Crippen LogP contribution in [0.4, 0.5) is 41.2 Å². The van der Waals surface area contributed by atoms with E-state index in [2.05, 4.69) is 27.7 Å². The highest BCUT2D eigenvalue weighted by Gasteiger charge is 2.53. The molecular weight excluding hydrogens is 643 g/mol. The molecule has 16 heteroatoms. The van der Waals surface area contributed by atoms with Crippen LogP contribution in [0.1, 0.15) is 49.7 Å². The minimum absolute atomic E-state index is 0.138. The molecule has 2 aromatic carbocycles. The minimum Gasteiger partial charge on any atom is -0.493 e. The summed E-state index contributed by atoms with van der Waals surface area (Å²) in [6, 6.07) is 7.77. The van der Waals surface area contributed by atoms with Crippen LogP contribution in [-0.4, -0.2) is 80.3 Å². The molecule has 1 aliphatic carbocycles. The molecule has 0 aromatic heterocycles. The molecule has 0 bridgehead atoms. The maximum Gasteiger partial charge on any atom is 0.490 e. The molecule has 2 amide bonds. The zero-order chi connectivity index (χ0) is 34.6. The van der Waals surface area contributed by atoms with Crippen molar-refractivity contribution in [3.63, 3.8) is 0 Å². The number of benzene rings is 2. The van der Waals surface area contributed by atoms with Crippen molar-refractivity contribution in [1.29, 1.82) is 0 Å². The topological polar surface area (TPSA) is 109 Å². The predicted octanol–water partition coefficient (Wildman–Crippen LogP) is 6.36. The van der Waals surface area contributed by atoms with Crippen LogP contribution >= 0.6 is 0 Å². The zero-order valence-corrected chi connectivity index (χ0v) is 25.6. The van der Waals surface area contributed by atoms with E-state index in [4.69, 9.17) is 24.1 Å². The molecule has 2 heterocycles. The first-order valence-corrected chi connectivity index (χ1v) is 14.9. The van der Waals surface area contributed by atoms with E-state index >= 15 is 0 Å². The molecule has 3 unspecified atom stereocenters. The molecule has 0 spiro atoms. The van der Waals surface area contributed by atoms with Crippen molar-refractivity contribution in [2.24, 2.45) is 0 Å². The number of methoxy groups -OCH3 is 2. The van der Waals surface area contributed by atoms with Crippen LogP contribution in [-0.2, 0) is 21.1 Å². The Hall–Kier alpha value is -3.79. The van der Waals surface area contributed by atoms with E-state index in [1.165, 1.54) is 5.56 Å². The first-order valence-electron chi connectivity index (χ1n) is 14.9. The number of carboxylic acid groups (broad SMARTS) is 1. The molecule has 2 aliphatic heterocycles. The van der Waals surface area contributed by atoms with Gasteiger partial charge in [0.25, 0.3) is 0 Å². The Morgan fingerprint density at radius 3 is 2.21 bits per heavy atom. The average Bonchev–Trinajstić information content (AvgIpc) is 3.40. The third-order valence-corrected chi connectivity index (χ3v) is 8.98. The molecule has 47 heavy (non-hydrogen) atoms. The second-order valence-electron chi connectivity index (χ2n) is 11.7. The maximum atomic E-state index is 13.8. The summed E-state index contributed by atoms with van der Waals surface area (Å²) in [6.07, 6.45) is -4.77. The van der Waals surface area contributed by atoms with E-state index in [9.17, 15) is 35.5 Å². The van der Waals surface area contributed by atoms with Gasteiger partial charge >= 0.3 is 24.4 Å². The number of likely N-dealkylation sites (tertiary alicyclic amines) is 1. The van der Waals surface area contributed by atoms with Crippen molar-refractivity contribution < 1.29 is 59.6 Å². The van der Waals surface area contributed by atoms with E-state index in [1.54, 1.807) is 14.2 Å². The number of halogens is 7. The highest BCUT2D eigenvalue weighted by molar-refractivity contribution is 5.89. The summed E-state index contributed by atoms with van der Waals surface area (Å²) >= 11 is 0. The lowest BCUT2D eigenvalue weighted by molar-refractivity contribution is -0.192. The van der Waals surface area contributed by atoms with Gasteiger partial charge in [-0.2, -0.15) is 26.3 Å². The number of amides is 2. The Labute approximate surface area is 266 Å². The lowest BCUT2D eigenvalue weighted by Crippen LogP contribution is -2.55. The van der Waals surface area contributed by atoms with Crippen LogP contribution in [0.5, 0.6) is 11.5 Å². The van der Waals surface area contributed by atoms with Crippen LogP contribution in [0.15, 0.2) is 36.4 Å². The Kier molecular flexibility index (Phi) is 11.2. The highest BCUT2D eigenvalue weighted by atomic mass is 19.4. The number of hydrogen-bond acceptors (Lipinski definition) is 6. The van der Waals surface area contributed by atoms with Gasteiger partial charge in [0.15, 0.2) is 11.5 Å². The number of alkyl halides is 6. The number of aliphatic carboxylic acids is 1. The first-order chi connectivity index (χ1) is 22.1. The number of fused-ring (bicyclic) bond motifs is 1. The van der Waals surface area contributed by atoms with Gasteiger partial charge in [-0.15, -0.1) is 0 Å². The lowest BCUT2D eigenvalue weighted by Gasteiger charge is -2.47.